The summed E-state index contributed by atoms with van der Waals surface area (Å²) in [5.74, 6) is 0. The van der Waals surface area contributed by atoms with Crippen molar-refractivity contribution in [2.24, 2.45) is 0 Å². The molecule has 0 saturated carbocycles. The number of ether oxygens (including phenoxy) is 1. The first kappa shape index (κ1) is 12.4. The summed E-state index contributed by atoms with van der Waals surface area (Å²) < 4.78 is 5.33. The minimum Gasteiger partial charge on any atom is -0.443 e. The quantitative estimate of drug-likeness (QED) is 0.703. The van der Waals surface area contributed by atoms with Gasteiger partial charge in [0.05, 0.1) is 11.9 Å². The van der Waals surface area contributed by atoms with Gasteiger partial charge in [0.1, 0.15) is 17.4 Å². The van der Waals surface area contributed by atoms with Gasteiger partial charge in [0.2, 0.25) is 0 Å². The maximum Gasteiger partial charge on any atom is 0.414 e. The van der Waals surface area contributed by atoms with E-state index in [-0.39, 0.29) is 6.09 Å². The van der Waals surface area contributed by atoms with Crippen LogP contribution >= 0.6 is 0 Å². The molecule has 1 aromatic heterocycles. The molecule has 1 aromatic rings. The smallest absolute Gasteiger partial charge is 0.414 e. The first-order chi connectivity index (χ1) is 8.40. The number of aromatic nitrogens is 1. The Morgan fingerprint density at radius 3 is 2.89 bits per heavy atom. The van der Waals surface area contributed by atoms with Crippen molar-refractivity contribution in [3.63, 3.8) is 0 Å². The van der Waals surface area contributed by atoms with E-state index in [0.29, 0.717) is 12.2 Å². The monoisotopic (exact) mass is 245 g/mol. The van der Waals surface area contributed by atoms with Gasteiger partial charge in [-0.2, -0.15) is 5.26 Å². The van der Waals surface area contributed by atoms with E-state index in [1.807, 2.05) is 26.8 Å². The van der Waals surface area contributed by atoms with E-state index >= 15 is 0 Å². The molecular formula is C13H15N3O2. The molecule has 2 heterocycles. The molecule has 1 aliphatic rings. The van der Waals surface area contributed by atoms with Crippen LogP contribution in [0.1, 0.15) is 32.0 Å². The molecule has 0 unspecified atom stereocenters. The maximum absolute atomic E-state index is 12.0. The molecule has 0 atom stereocenters. The van der Waals surface area contributed by atoms with Gasteiger partial charge in [-0.25, -0.2) is 9.78 Å². The van der Waals surface area contributed by atoms with Crippen LogP contribution in [0.3, 0.4) is 0 Å². The van der Waals surface area contributed by atoms with E-state index in [1.54, 1.807) is 17.2 Å². The summed E-state index contributed by atoms with van der Waals surface area (Å²) >= 11 is 0. The van der Waals surface area contributed by atoms with E-state index in [0.717, 1.165) is 17.7 Å². The van der Waals surface area contributed by atoms with Gasteiger partial charge in [-0.3, -0.25) is 4.90 Å². The van der Waals surface area contributed by atoms with Crippen molar-refractivity contribution in [3.05, 3.63) is 23.5 Å². The molecule has 18 heavy (non-hydrogen) atoms. The van der Waals surface area contributed by atoms with Crippen molar-refractivity contribution < 1.29 is 9.53 Å². The second-order valence-corrected chi connectivity index (χ2v) is 5.19. The van der Waals surface area contributed by atoms with Gasteiger partial charge in [0.25, 0.3) is 0 Å². The van der Waals surface area contributed by atoms with E-state index in [4.69, 9.17) is 10.00 Å². The van der Waals surface area contributed by atoms with Crippen molar-refractivity contribution in [2.45, 2.75) is 32.8 Å². The molecular weight excluding hydrogens is 230 g/mol. The third kappa shape index (κ3) is 2.43. The van der Waals surface area contributed by atoms with Gasteiger partial charge < -0.3 is 4.74 Å². The van der Waals surface area contributed by atoms with Gasteiger partial charge >= 0.3 is 6.09 Å². The number of carbonyl (C=O) groups is 1. The Balaban J connectivity index is 2.22. The van der Waals surface area contributed by atoms with Crippen LogP contribution < -0.4 is 4.90 Å². The van der Waals surface area contributed by atoms with Gasteiger partial charge in [-0.1, -0.05) is 0 Å². The number of rotatable bonds is 0. The minimum absolute atomic E-state index is 0.368. The van der Waals surface area contributed by atoms with Crippen molar-refractivity contribution in [3.8, 4) is 6.07 Å². The first-order valence-corrected chi connectivity index (χ1v) is 5.80. The van der Waals surface area contributed by atoms with Crippen molar-refractivity contribution in [1.82, 2.24) is 4.98 Å². The lowest BCUT2D eigenvalue weighted by molar-refractivity contribution is 0.0584. The molecule has 0 N–H and O–H groups in total. The van der Waals surface area contributed by atoms with Crippen LogP contribution in [0.15, 0.2) is 12.3 Å². The van der Waals surface area contributed by atoms with Crippen LogP contribution in [0.4, 0.5) is 10.5 Å². The Bertz CT molecular complexity index is 526. The number of nitriles is 1. The van der Waals surface area contributed by atoms with Crippen LogP contribution in [0.25, 0.3) is 0 Å². The van der Waals surface area contributed by atoms with E-state index in [1.165, 1.54) is 0 Å². The maximum atomic E-state index is 12.0. The predicted molar refractivity (Wildman–Crippen MR) is 66.2 cm³/mol. The summed E-state index contributed by atoms with van der Waals surface area (Å²) in [6, 6.07) is 3.72. The molecule has 0 fully saturated rings. The molecule has 0 aromatic carbocycles. The lowest BCUT2D eigenvalue weighted by atomic mass is 10.2. The van der Waals surface area contributed by atoms with Gasteiger partial charge in [0.15, 0.2) is 0 Å². The number of fused-ring (bicyclic) bond motifs is 1. The normalized spacial score (nSPS) is 14.0. The van der Waals surface area contributed by atoms with Crippen LogP contribution in [-0.2, 0) is 11.2 Å². The zero-order valence-electron chi connectivity index (χ0n) is 10.7. The Morgan fingerprint density at radius 1 is 1.56 bits per heavy atom. The molecule has 1 amide bonds. The average molecular weight is 245 g/mol. The topological polar surface area (TPSA) is 66.2 Å². The van der Waals surface area contributed by atoms with Crippen molar-refractivity contribution in [2.75, 3.05) is 11.4 Å². The Hall–Kier alpha value is -2.09. The van der Waals surface area contributed by atoms with E-state index < -0.39 is 5.60 Å². The lowest BCUT2D eigenvalue weighted by Gasteiger charge is -2.24. The fraction of sp³-hybridized carbons (Fsp3) is 0.462. The summed E-state index contributed by atoms with van der Waals surface area (Å²) in [6.45, 7) is 6.07. The fourth-order valence-corrected chi connectivity index (χ4v) is 1.85. The second-order valence-electron chi connectivity index (χ2n) is 5.19. The SMILES string of the molecule is CC(C)(C)OC(=O)N1CCc2cc(C#N)ncc21. The molecule has 0 bridgehead atoms. The molecule has 5 nitrogen and oxygen atoms in total. The highest BCUT2D eigenvalue weighted by atomic mass is 16.6. The molecule has 2 rings (SSSR count). The van der Waals surface area contributed by atoms with Crippen LogP contribution in [0, 0.1) is 11.3 Å². The highest BCUT2D eigenvalue weighted by molar-refractivity contribution is 5.90. The number of nitrogens with zero attached hydrogens (tertiary/aromatic N) is 3. The Labute approximate surface area is 106 Å². The van der Waals surface area contributed by atoms with Crippen LogP contribution in [0.2, 0.25) is 0 Å². The highest BCUT2D eigenvalue weighted by Gasteiger charge is 2.29. The van der Waals surface area contributed by atoms with Crippen molar-refractivity contribution >= 4 is 11.8 Å². The fourth-order valence-electron chi connectivity index (χ4n) is 1.85. The summed E-state index contributed by atoms with van der Waals surface area (Å²) in [4.78, 5) is 17.5. The lowest BCUT2D eigenvalue weighted by Crippen LogP contribution is -2.35. The summed E-state index contributed by atoms with van der Waals surface area (Å²) in [7, 11) is 0. The molecule has 5 heteroatoms. The number of carbonyl (C=O) groups excluding carboxylic acids is 1. The molecule has 0 saturated heterocycles. The average Bonchev–Trinajstić information content (AvgIpc) is 2.69. The molecule has 0 aliphatic carbocycles. The summed E-state index contributed by atoms with van der Waals surface area (Å²) in [5, 5.41) is 8.78. The van der Waals surface area contributed by atoms with Gasteiger partial charge in [-0.15, -0.1) is 0 Å². The molecule has 0 spiro atoms. The number of amides is 1. The van der Waals surface area contributed by atoms with Crippen LogP contribution in [0.5, 0.6) is 0 Å². The zero-order valence-corrected chi connectivity index (χ0v) is 10.7. The number of hydrogen-bond donors (Lipinski definition) is 0. The summed E-state index contributed by atoms with van der Waals surface area (Å²) in [5.41, 5.74) is 1.57. The summed E-state index contributed by atoms with van der Waals surface area (Å²) in [6.07, 6.45) is 1.92. The van der Waals surface area contributed by atoms with Gasteiger partial charge in [-0.05, 0) is 38.8 Å². The van der Waals surface area contributed by atoms with E-state index in [2.05, 4.69) is 4.98 Å². The third-order valence-electron chi connectivity index (χ3n) is 2.59. The number of pyridine rings is 1. The van der Waals surface area contributed by atoms with Crippen molar-refractivity contribution in [1.29, 1.82) is 5.26 Å². The molecule has 1 aliphatic heterocycles. The third-order valence-corrected chi connectivity index (χ3v) is 2.59. The standard InChI is InChI=1S/C13H15N3O2/c1-13(2,3)18-12(17)16-5-4-9-6-10(7-14)15-8-11(9)16/h6,8H,4-5H2,1-3H3. The highest BCUT2D eigenvalue weighted by Crippen LogP contribution is 2.28. The first-order valence-electron chi connectivity index (χ1n) is 5.80. The minimum atomic E-state index is -0.514. The molecule has 0 radical (unpaired) electrons. The zero-order chi connectivity index (χ0) is 13.3. The second kappa shape index (κ2) is 4.30. The number of hydrogen-bond acceptors (Lipinski definition) is 4. The van der Waals surface area contributed by atoms with Gasteiger partial charge in [0, 0.05) is 6.54 Å². The van der Waals surface area contributed by atoms with E-state index in [9.17, 15) is 4.79 Å². The molecule has 94 valence electrons. The Kier molecular flexibility index (Phi) is 2.95. The Morgan fingerprint density at radius 2 is 2.28 bits per heavy atom. The van der Waals surface area contributed by atoms with Crippen LogP contribution in [-0.4, -0.2) is 23.2 Å². The largest absolute Gasteiger partial charge is 0.443 e. The predicted octanol–water partition coefficient (Wildman–Crippen LogP) is 2.25. The number of anilines is 1.